The van der Waals surface area contributed by atoms with Gasteiger partial charge in [-0.25, -0.2) is 0 Å². The highest BCUT2D eigenvalue weighted by molar-refractivity contribution is 6.22. The Morgan fingerprint density at radius 1 is 0.217 bits per heavy atom. The predicted molar refractivity (Wildman–Crippen MR) is 298 cm³/mol. The molecule has 0 amide bonds. The molecule has 0 saturated carbocycles. The lowest BCUT2D eigenvalue weighted by atomic mass is 9.83. The Labute approximate surface area is 403 Å². The summed E-state index contributed by atoms with van der Waals surface area (Å²) in [5, 5.41) is 15.2. The first-order valence-electron chi connectivity index (χ1n) is 24.3. The predicted octanol–water partition coefficient (Wildman–Crippen LogP) is 19.7. The van der Waals surface area contributed by atoms with Crippen molar-refractivity contribution in [2.45, 2.75) is 19.8 Å². The summed E-state index contributed by atoms with van der Waals surface area (Å²) in [5.74, 6) is 0.441. The van der Waals surface area contributed by atoms with Gasteiger partial charge in [-0.1, -0.05) is 244 Å². The second-order valence-electron chi connectivity index (χ2n) is 19.0. The van der Waals surface area contributed by atoms with Gasteiger partial charge in [0.15, 0.2) is 0 Å². The number of hydrogen-bond acceptors (Lipinski definition) is 0. The molecule has 0 spiro atoms. The minimum absolute atomic E-state index is 0.441. The van der Waals surface area contributed by atoms with Gasteiger partial charge in [-0.2, -0.15) is 0 Å². The first-order valence-corrected chi connectivity index (χ1v) is 24.3. The molecule has 0 aromatic heterocycles. The highest BCUT2D eigenvalue weighted by atomic mass is 14.2. The third-order valence-corrected chi connectivity index (χ3v) is 14.6. The van der Waals surface area contributed by atoms with Crippen LogP contribution >= 0.6 is 0 Å². The van der Waals surface area contributed by atoms with E-state index in [4.69, 9.17) is 0 Å². The van der Waals surface area contributed by atoms with Crippen molar-refractivity contribution in [3.05, 3.63) is 254 Å². The zero-order valence-corrected chi connectivity index (χ0v) is 38.7. The van der Waals surface area contributed by atoms with Gasteiger partial charge in [-0.05, 0) is 161 Å². The normalized spacial score (nSPS) is 11.8. The monoisotopic (exact) mass is 876 g/mol. The molecule has 69 heavy (non-hydrogen) atoms. The van der Waals surface area contributed by atoms with E-state index in [1.165, 1.54) is 137 Å². The van der Waals surface area contributed by atoms with E-state index < -0.39 is 0 Å². The van der Waals surface area contributed by atoms with Crippen molar-refractivity contribution >= 4 is 64.6 Å². The summed E-state index contributed by atoms with van der Waals surface area (Å²) in [6.45, 7) is 4.55. The van der Waals surface area contributed by atoms with E-state index in [0.717, 1.165) is 0 Å². The zero-order valence-electron chi connectivity index (χ0n) is 38.7. The summed E-state index contributed by atoms with van der Waals surface area (Å²) in [7, 11) is 0. The van der Waals surface area contributed by atoms with Crippen LogP contribution in [0.15, 0.2) is 249 Å². The average Bonchev–Trinajstić information content (AvgIpc) is 3.42. The second-order valence-corrected chi connectivity index (χ2v) is 19.0. The first kappa shape index (κ1) is 40.7. The Kier molecular flexibility index (Phi) is 9.80. The van der Waals surface area contributed by atoms with Crippen molar-refractivity contribution in [1.29, 1.82) is 0 Å². The van der Waals surface area contributed by atoms with Crippen molar-refractivity contribution in [1.82, 2.24) is 0 Å². The molecule has 0 nitrogen and oxygen atoms in total. The van der Waals surface area contributed by atoms with Crippen LogP contribution in [0.4, 0.5) is 0 Å². The standard InChI is InChI=1S/C69H48/c1-44(2)53-14-11-15-56(40-53)68-61-18-7-9-20-63(61)69(64-21-10-8-19-62(64)68)57-38-39-60(49-26-22-45(23-27-49)54-36-34-51-32-30-47-12-3-5-16-58(47)65(51)41-54)67(43-57)50-28-24-46(25-29-50)55-37-35-52-33-31-48-13-4-6-17-59(48)66(52)42-55/h3-44H,1-2H3. The lowest BCUT2D eigenvalue weighted by molar-refractivity contribution is 0.867. The highest BCUT2D eigenvalue weighted by Gasteiger charge is 2.19. The average molecular weight is 877 g/mol. The second kappa shape index (κ2) is 16.6. The summed E-state index contributed by atoms with van der Waals surface area (Å²) in [4.78, 5) is 0. The van der Waals surface area contributed by atoms with Crippen LogP contribution < -0.4 is 0 Å². The molecule has 0 N–H and O–H groups in total. The molecule has 0 unspecified atom stereocenters. The van der Waals surface area contributed by atoms with Gasteiger partial charge >= 0.3 is 0 Å². The lowest BCUT2D eigenvalue weighted by Crippen LogP contribution is -1.94. The summed E-state index contributed by atoms with van der Waals surface area (Å²) in [6.07, 6.45) is 0. The Morgan fingerprint density at radius 3 is 1.06 bits per heavy atom. The maximum atomic E-state index is 2.45. The van der Waals surface area contributed by atoms with E-state index in [2.05, 4.69) is 263 Å². The van der Waals surface area contributed by atoms with Gasteiger partial charge in [0.2, 0.25) is 0 Å². The van der Waals surface area contributed by atoms with Crippen LogP contribution in [-0.2, 0) is 0 Å². The van der Waals surface area contributed by atoms with Crippen molar-refractivity contribution in [2.24, 2.45) is 0 Å². The number of rotatable bonds is 7. The van der Waals surface area contributed by atoms with Crippen LogP contribution in [0.3, 0.4) is 0 Å². The topological polar surface area (TPSA) is 0 Å². The van der Waals surface area contributed by atoms with Crippen molar-refractivity contribution < 1.29 is 0 Å². The van der Waals surface area contributed by atoms with Gasteiger partial charge in [0, 0.05) is 0 Å². The quantitative estimate of drug-likeness (QED) is 0.111. The number of fused-ring (bicyclic) bond motifs is 8. The molecule has 13 aromatic rings. The molecule has 0 atom stereocenters. The fourth-order valence-electron chi connectivity index (χ4n) is 11.0. The molecule has 0 radical (unpaired) electrons. The van der Waals surface area contributed by atoms with E-state index in [-0.39, 0.29) is 0 Å². The first-order chi connectivity index (χ1) is 34.0. The Balaban J connectivity index is 0.969. The van der Waals surface area contributed by atoms with Gasteiger partial charge in [0.25, 0.3) is 0 Å². The Bertz CT molecular complexity index is 4080. The number of hydrogen-bond donors (Lipinski definition) is 0. The van der Waals surface area contributed by atoms with Gasteiger partial charge in [0.1, 0.15) is 0 Å². The minimum Gasteiger partial charge on any atom is -0.0616 e. The number of benzene rings is 13. The molecule has 0 fully saturated rings. The molecular formula is C69H48. The molecule has 0 bridgehead atoms. The third-order valence-electron chi connectivity index (χ3n) is 14.6. The van der Waals surface area contributed by atoms with Crippen LogP contribution in [0, 0.1) is 0 Å². The van der Waals surface area contributed by atoms with Crippen LogP contribution in [0.1, 0.15) is 25.3 Å². The highest BCUT2D eigenvalue weighted by Crippen LogP contribution is 2.46. The summed E-state index contributed by atoms with van der Waals surface area (Å²) in [5.41, 5.74) is 16.0. The molecule has 0 aliphatic rings. The van der Waals surface area contributed by atoms with Crippen LogP contribution in [0.25, 0.3) is 131 Å². The summed E-state index contributed by atoms with van der Waals surface area (Å²) >= 11 is 0. The molecule has 0 heteroatoms. The minimum atomic E-state index is 0.441. The van der Waals surface area contributed by atoms with Gasteiger partial charge in [-0.15, -0.1) is 0 Å². The maximum Gasteiger partial charge on any atom is -0.00261 e. The smallest absolute Gasteiger partial charge is 0.00261 e. The fraction of sp³-hybridized carbons (Fsp3) is 0.0435. The largest absolute Gasteiger partial charge is 0.0616 e. The van der Waals surface area contributed by atoms with Gasteiger partial charge < -0.3 is 0 Å². The zero-order chi connectivity index (χ0) is 46.0. The fourth-order valence-corrected chi connectivity index (χ4v) is 11.0. The van der Waals surface area contributed by atoms with E-state index >= 15 is 0 Å². The Morgan fingerprint density at radius 2 is 0.580 bits per heavy atom. The summed E-state index contributed by atoms with van der Waals surface area (Å²) in [6, 6.07) is 92.8. The molecule has 324 valence electrons. The van der Waals surface area contributed by atoms with Crippen molar-refractivity contribution in [2.75, 3.05) is 0 Å². The molecule has 0 saturated heterocycles. The van der Waals surface area contributed by atoms with Gasteiger partial charge in [0.05, 0.1) is 0 Å². The Hall–Kier alpha value is -8.58. The van der Waals surface area contributed by atoms with Crippen molar-refractivity contribution in [3.8, 4) is 66.8 Å². The van der Waals surface area contributed by atoms with Gasteiger partial charge in [-0.3, -0.25) is 0 Å². The third kappa shape index (κ3) is 7.07. The molecule has 13 rings (SSSR count). The van der Waals surface area contributed by atoms with Crippen molar-refractivity contribution in [3.63, 3.8) is 0 Å². The molecule has 0 aliphatic heterocycles. The molecule has 13 aromatic carbocycles. The SMILES string of the molecule is CC(C)c1cccc(-c2c3ccccc3c(-c3ccc(-c4ccc(-c5ccc6ccc7ccccc7c6c5)cc4)c(-c4ccc(-c5ccc6ccc7ccccc7c6c5)cc4)c3)c3ccccc23)c1. The summed E-state index contributed by atoms with van der Waals surface area (Å²) < 4.78 is 0. The van der Waals surface area contributed by atoms with E-state index in [0.29, 0.717) is 5.92 Å². The van der Waals surface area contributed by atoms with E-state index in [9.17, 15) is 0 Å². The van der Waals surface area contributed by atoms with Crippen LogP contribution in [-0.4, -0.2) is 0 Å². The van der Waals surface area contributed by atoms with Crippen LogP contribution in [0.2, 0.25) is 0 Å². The lowest BCUT2D eigenvalue weighted by Gasteiger charge is -2.20. The van der Waals surface area contributed by atoms with E-state index in [1.807, 2.05) is 0 Å². The van der Waals surface area contributed by atoms with Crippen LogP contribution in [0.5, 0.6) is 0 Å². The molecule has 0 heterocycles. The maximum absolute atomic E-state index is 2.45. The molecule has 0 aliphatic carbocycles. The molecular weight excluding hydrogens is 829 g/mol. The van der Waals surface area contributed by atoms with E-state index in [1.54, 1.807) is 0 Å².